The molecule has 0 bridgehead atoms. The number of hydrogen-bond acceptors (Lipinski definition) is 9. The number of hydrogen-bond donors (Lipinski definition) is 3. The Labute approximate surface area is 297 Å². The highest BCUT2D eigenvalue weighted by atomic mass is 19.1. The molecule has 0 spiro atoms. The van der Waals surface area contributed by atoms with E-state index >= 15 is 8.78 Å². The summed E-state index contributed by atoms with van der Waals surface area (Å²) < 4.78 is 38.2. The fourth-order valence-electron chi connectivity index (χ4n) is 7.64. The Morgan fingerprint density at radius 1 is 0.923 bits per heavy atom. The Balaban J connectivity index is 1.03. The van der Waals surface area contributed by atoms with Gasteiger partial charge in [0.05, 0.1) is 41.6 Å². The van der Waals surface area contributed by atoms with Crippen molar-refractivity contribution in [3.8, 4) is 0 Å². The molecule has 14 nitrogen and oxygen atoms in total. The van der Waals surface area contributed by atoms with Crippen molar-refractivity contribution in [3.05, 3.63) is 63.9 Å². The predicted octanol–water partition coefficient (Wildman–Crippen LogP) is 2.39. The third-order valence-electron chi connectivity index (χ3n) is 10.5. The van der Waals surface area contributed by atoms with Crippen LogP contribution in [0.25, 0.3) is 10.9 Å². The number of nitrogens with one attached hydrogen (secondary N) is 2. The van der Waals surface area contributed by atoms with Gasteiger partial charge in [-0.1, -0.05) is 0 Å². The van der Waals surface area contributed by atoms with Crippen LogP contribution >= 0.6 is 0 Å². The van der Waals surface area contributed by atoms with Crippen LogP contribution in [0.5, 0.6) is 0 Å². The van der Waals surface area contributed by atoms with Crippen molar-refractivity contribution in [3.63, 3.8) is 0 Å². The van der Waals surface area contributed by atoms with Crippen molar-refractivity contribution in [2.75, 3.05) is 80.7 Å². The number of fused-ring (bicyclic) bond motifs is 1. The lowest BCUT2D eigenvalue weighted by molar-refractivity contribution is -0.136. The van der Waals surface area contributed by atoms with Gasteiger partial charge in [-0.25, -0.2) is 18.4 Å². The Bertz CT molecular complexity index is 2000. The molecular weight excluding hydrogens is 680 g/mol. The molecule has 3 N–H and O–H groups in total. The molecule has 1 aliphatic carbocycles. The lowest BCUT2D eigenvalue weighted by Crippen LogP contribution is -2.52. The maximum absolute atomic E-state index is 15.7. The Morgan fingerprint density at radius 3 is 2.31 bits per heavy atom. The lowest BCUT2D eigenvalue weighted by atomic mass is 9.94. The largest absolute Gasteiger partial charge is 0.477 e. The quantitative estimate of drug-likeness (QED) is 0.284. The average Bonchev–Trinajstić information content (AvgIpc) is 3.77. The first-order valence-electron chi connectivity index (χ1n) is 17.5. The molecule has 3 saturated heterocycles. The van der Waals surface area contributed by atoms with Crippen LogP contribution < -0.4 is 30.8 Å². The first kappa shape index (κ1) is 35.2. The van der Waals surface area contributed by atoms with E-state index in [1.165, 1.54) is 24.1 Å². The molecule has 16 heteroatoms. The Kier molecular flexibility index (Phi) is 9.50. The van der Waals surface area contributed by atoms with E-state index in [4.69, 9.17) is 4.74 Å². The number of benzene rings is 2. The standard InChI is InChI=1S/C36H41F2N7O7/c1-20(46)40-15-24-17-45(36(51)52-24)23-5-6-30(28(37)11-23)41-7-9-42(10-8-41)34(48)26-18-43(16-21(26)14-39-2)32-13-31-25(12-29(32)38)33(47)27(35(49)50)19-44(31)22-3-4-22/h5-6,11-13,19,21-22,24,26,39H,3-4,7-10,14-18H2,1-2H3,(H,40,46)(H,49,50)/t21-,24?,26?/m1/s1. The normalized spacial score (nSPS) is 21.9. The highest BCUT2D eigenvalue weighted by Gasteiger charge is 2.41. The van der Waals surface area contributed by atoms with E-state index in [0.29, 0.717) is 56.2 Å². The van der Waals surface area contributed by atoms with Gasteiger partial charge in [0.15, 0.2) is 0 Å². The summed E-state index contributed by atoms with van der Waals surface area (Å²) in [5.74, 6) is -3.41. The highest BCUT2D eigenvalue weighted by molar-refractivity contribution is 5.94. The number of aromatic carboxylic acids is 1. The molecule has 2 aromatic carbocycles. The minimum absolute atomic E-state index is 0.0153. The number of carbonyl (C=O) groups excluding carboxylic acids is 3. The van der Waals surface area contributed by atoms with E-state index < -0.39 is 46.7 Å². The van der Waals surface area contributed by atoms with E-state index in [1.54, 1.807) is 34.7 Å². The van der Waals surface area contributed by atoms with Crippen molar-refractivity contribution in [1.29, 1.82) is 0 Å². The number of carboxylic acid groups (broad SMARTS) is 1. The van der Waals surface area contributed by atoms with Crippen molar-refractivity contribution in [1.82, 2.24) is 20.1 Å². The van der Waals surface area contributed by atoms with Crippen molar-refractivity contribution >= 4 is 51.8 Å². The number of piperazine rings is 1. The van der Waals surface area contributed by atoms with Crippen molar-refractivity contribution < 1.29 is 37.8 Å². The van der Waals surface area contributed by atoms with Crippen molar-refractivity contribution in [2.45, 2.75) is 31.9 Å². The molecule has 276 valence electrons. The molecule has 52 heavy (non-hydrogen) atoms. The van der Waals surface area contributed by atoms with Gasteiger partial charge in [-0.05, 0) is 50.2 Å². The topological polar surface area (TPSA) is 157 Å². The maximum atomic E-state index is 15.7. The second kappa shape index (κ2) is 14.1. The summed E-state index contributed by atoms with van der Waals surface area (Å²) in [4.78, 5) is 69.2. The average molecular weight is 722 g/mol. The van der Waals surface area contributed by atoms with E-state index in [2.05, 4.69) is 10.6 Å². The zero-order valence-corrected chi connectivity index (χ0v) is 28.9. The van der Waals surface area contributed by atoms with Crippen molar-refractivity contribution in [2.24, 2.45) is 11.8 Å². The molecule has 3 amide bonds. The molecule has 4 aliphatic rings. The van der Waals surface area contributed by atoms with Crippen LogP contribution in [-0.2, 0) is 14.3 Å². The summed E-state index contributed by atoms with van der Waals surface area (Å²) in [6.07, 6.45) is 1.85. The molecule has 4 fully saturated rings. The second-order valence-corrected chi connectivity index (χ2v) is 14.0. The first-order valence-corrected chi connectivity index (χ1v) is 17.5. The SMILES string of the molecule is CNC[C@@H]1CN(c2cc3c(cc2F)c(=O)c(C(=O)O)cn3C2CC2)CC1C(=O)N1CCN(c2ccc(N3CC(CNC(C)=O)OC3=O)cc2F)CC1. The Morgan fingerprint density at radius 2 is 1.65 bits per heavy atom. The number of pyridine rings is 1. The summed E-state index contributed by atoms with van der Waals surface area (Å²) in [6.45, 7) is 4.37. The van der Waals surface area contributed by atoms with Gasteiger partial charge in [0.1, 0.15) is 23.3 Å². The van der Waals surface area contributed by atoms with Gasteiger partial charge in [0.25, 0.3) is 0 Å². The first-order chi connectivity index (χ1) is 24.9. The molecule has 7 rings (SSSR count). The molecule has 0 radical (unpaired) electrons. The number of rotatable bonds is 10. The van der Waals surface area contributed by atoms with Crippen LogP contribution in [0, 0.1) is 23.5 Å². The van der Waals surface area contributed by atoms with Crippen LogP contribution in [0.3, 0.4) is 0 Å². The number of amides is 3. The number of cyclic esters (lactones) is 1. The van der Waals surface area contributed by atoms with E-state index in [0.717, 1.165) is 18.9 Å². The van der Waals surface area contributed by atoms with E-state index in [-0.39, 0.29) is 54.5 Å². The number of anilines is 3. The van der Waals surface area contributed by atoms with Crippen LogP contribution in [0.1, 0.15) is 36.2 Å². The molecular formula is C36H41F2N7O7. The molecule has 3 atom stereocenters. The molecule has 1 saturated carbocycles. The van der Waals surface area contributed by atoms with Gasteiger partial charge < -0.3 is 39.7 Å². The smallest absolute Gasteiger partial charge is 0.414 e. The monoisotopic (exact) mass is 721 g/mol. The van der Waals surface area contributed by atoms with Crippen LogP contribution in [-0.4, -0.2) is 111 Å². The minimum atomic E-state index is -1.36. The second-order valence-electron chi connectivity index (χ2n) is 14.0. The third kappa shape index (κ3) is 6.74. The summed E-state index contributed by atoms with van der Waals surface area (Å²) in [5.41, 5.74) is 0.301. The number of aromatic nitrogens is 1. The number of carbonyl (C=O) groups is 4. The fourth-order valence-corrected chi connectivity index (χ4v) is 7.64. The highest BCUT2D eigenvalue weighted by Crippen LogP contribution is 2.39. The fraction of sp³-hybridized carbons (Fsp3) is 0.472. The molecule has 4 heterocycles. The molecule has 3 aromatic rings. The van der Waals surface area contributed by atoms with E-state index in [1.807, 2.05) is 9.80 Å². The Hall–Kier alpha value is -5.25. The van der Waals surface area contributed by atoms with Gasteiger partial charge in [-0.15, -0.1) is 0 Å². The molecule has 3 aliphatic heterocycles. The van der Waals surface area contributed by atoms with E-state index in [9.17, 15) is 29.1 Å². The van der Waals surface area contributed by atoms with Gasteiger partial charge >= 0.3 is 12.1 Å². The molecule has 1 aromatic heterocycles. The summed E-state index contributed by atoms with van der Waals surface area (Å²) in [7, 11) is 1.80. The lowest BCUT2D eigenvalue weighted by Gasteiger charge is -2.38. The van der Waals surface area contributed by atoms with Gasteiger partial charge in [-0.3, -0.25) is 19.3 Å². The minimum Gasteiger partial charge on any atom is -0.477 e. The molecule has 2 unspecified atom stereocenters. The summed E-state index contributed by atoms with van der Waals surface area (Å²) >= 11 is 0. The van der Waals surface area contributed by atoms with Gasteiger partial charge in [0, 0.05) is 76.3 Å². The van der Waals surface area contributed by atoms with Gasteiger partial charge in [0.2, 0.25) is 17.2 Å². The third-order valence-corrected chi connectivity index (χ3v) is 10.5. The summed E-state index contributed by atoms with van der Waals surface area (Å²) in [6, 6.07) is 7.30. The number of nitrogens with zero attached hydrogens (tertiary/aromatic N) is 5. The van der Waals surface area contributed by atoms with Gasteiger partial charge in [-0.2, -0.15) is 0 Å². The maximum Gasteiger partial charge on any atom is 0.414 e. The number of carboxylic acids is 1. The van der Waals surface area contributed by atoms with Crippen LogP contribution in [0.15, 0.2) is 41.3 Å². The number of halogens is 2. The predicted molar refractivity (Wildman–Crippen MR) is 188 cm³/mol. The van der Waals surface area contributed by atoms with Crippen LogP contribution in [0.4, 0.5) is 30.6 Å². The summed E-state index contributed by atoms with van der Waals surface area (Å²) in [5, 5.41) is 15.4. The number of ether oxygens (including phenoxy) is 1. The zero-order chi connectivity index (χ0) is 36.8. The van der Waals surface area contributed by atoms with Crippen LogP contribution in [0.2, 0.25) is 0 Å². The zero-order valence-electron chi connectivity index (χ0n) is 28.9.